The average molecular weight is 355 g/mol. The molecule has 0 atom stereocenters. The van der Waals surface area contributed by atoms with Gasteiger partial charge in [-0.25, -0.2) is 0 Å². The third-order valence-corrected chi connectivity index (χ3v) is 4.08. The van der Waals surface area contributed by atoms with Gasteiger partial charge in [0, 0.05) is 11.0 Å². The van der Waals surface area contributed by atoms with Crippen LogP contribution in [-0.4, -0.2) is 29.3 Å². The summed E-state index contributed by atoms with van der Waals surface area (Å²) in [5, 5.41) is 3.36. The molecule has 1 N–H and O–H groups in total. The third-order valence-electron chi connectivity index (χ3n) is 3.07. The fraction of sp³-hybridized carbons (Fsp3) is 0.231. The van der Waals surface area contributed by atoms with Gasteiger partial charge in [-0.2, -0.15) is 0 Å². The molecule has 0 saturated carbocycles. The summed E-state index contributed by atoms with van der Waals surface area (Å²) in [5.41, 5.74) is 1.28. The fourth-order valence-corrected chi connectivity index (χ4v) is 2.82. The van der Waals surface area contributed by atoms with E-state index < -0.39 is 0 Å². The lowest BCUT2D eigenvalue weighted by molar-refractivity contribution is -0.122. The first-order chi connectivity index (χ1) is 9.60. The number of hydrogen-bond donors (Lipinski definition) is 1. The molecule has 2 heterocycles. The SMILES string of the molecule is CCN1C(=O)/C(=C\c2cc3c(cc2Br)OCO3)NC1=S. The van der Waals surface area contributed by atoms with Gasteiger partial charge in [0.25, 0.3) is 5.91 Å². The standard InChI is InChI=1S/C13H11BrN2O3S/c1-2-16-12(17)9(15-13(16)20)3-7-4-10-11(5-8(7)14)19-6-18-10/h3-5H,2,6H2,1H3,(H,15,20)/b9-3+. The number of carbonyl (C=O) groups is 1. The molecular formula is C13H11BrN2O3S. The van der Waals surface area contributed by atoms with E-state index in [-0.39, 0.29) is 12.7 Å². The number of ether oxygens (including phenoxy) is 2. The third kappa shape index (κ3) is 2.16. The highest BCUT2D eigenvalue weighted by molar-refractivity contribution is 9.10. The maximum absolute atomic E-state index is 12.1. The number of halogens is 1. The quantitative estimate of drug-likeness (QED) is 0.652. The Labute approximate surface area is 129 Å². The molecule has 0 unspecified atom stereocenters. The maximum atomic E-state index is 12.1. The van der Waals surface area contributed by atoms with Crippen LogP contribution in [0.1, 0.15) is 12.5 Å². The van der Waals surface area contributed by atoms with Crippen LogP contribution >= 0.6 is 28.1 Å². The summed E-state index contributed by atoms with van der Waals surface area (Å²) < 4.78 is 11.5. The molecule has 5 nitrogen and oxygen atoms in total. The van der Waals surface area contributed by atoms with Crippen molar-refractivity contribution in [3.63, 3.8) is 0 Å². The van der Waals surface area contributed by atoms with Crippen molar-refractivity contribution in [1.29, 1.82) is 0 Å². The molecular weight excluding hydrogens is 344 g/mol. The number of rotatable bonds is 2. The van der Waals surface area contributed by atoms with Gasteiger partial charge in [0.2, 0.25) is 6.79 Å². The van der Waals surface area contributed by atoms with Crippen LogP contribution in [0.5, 0.6) is 11.5 Å². The maximum Gasteiger partial charge on any atom is 0.276 e. The summed E-state index contributed by atoms with van der Waals surface area (Å²) >= 11 is 8.58. The van der Waals surface area contributed by atoms with Crippen LogP contribution in [0.4, 0.5) is 0 Å². The molecule has 7 heteroatoms. The van der Waals surface area contributed by atoms with Gasteiger partial charge in [-0.3, -0.25) is 9.69 Å². The van der Waals surface area contributed by atoms with Crippen molar-refractivity contribution >= 4 is 45.2 Å². The van der Waals surface area contributed by atoms with E-state index in [0.29, 0.717) is 28.9 Å². The summed E-state index contributed by atoms with van der Waals surface area (Å²) in [6.07, 6.45) is 1.75. The molecule has 0 spiro atoms. The van der Waals surface area contributed by atoms with E-state index in [2.05, 4.69) is 21.2 Å². The zero-order valence-corrected chi connectivity index (χ0v) is 13.0. The molecule has 0 aromatic heterocycles. The monoisotopic (exact) mass is 354 g/mol. The van der Waals surface area contributed by atoms with E-state index in [1.807, 2.05) is 19.1 Å². The Morgan fingerprint density at radius 1 is 1.45 bits per heavy atom. The predicted molar refractivity (Wildman–Crippen MR) is 81.4 cm³/mol. The Bertz CT molecular complexity index is 645. The van der Waals surface area contributed by atoms with Gasteiger partial charge in [0.05, 0.1) is 0 Å². The minimum Gasteiger partial charge on any atom is -0.454 e. The molecule has 1 amide bonds. The lowest BCUT2D eigenvalue weighted by Gasteiger charge is -2.08. The summed E-state index contributed by atoms with van der Waals surface area (Å²) in [5.74, 6) is 1.23. The number of hydrogen-bond acceptors (Lipinski definition) is 4. The van der Waals surface area contributed by atoms with E-state index in [0.717, 1.165) is 10.0 Å². The van der Waals surface area contributed by atoms with Crippen molar-refractivity contribution in [3.05, 3.63) is 27.9 Å². The van der Waals surface area contributed by atoms with Crippen molar-refractivity contribution in [2.75, 3.05) is 13.3 Å². The molecule has 1 saturated heterocycles. The number of benzene rings is 1. The summed E-state index contributed by atoms with van der Waals surface area (Å²) in [4.78, 5) is 13.6. The highest BCUT2D eigenvalue weighted by Gasteiger charge is 2.29. The average Bonchev–Trinajstić information content (AvgIpc) is 2.95. The van der Waals surface area contributed by atoms with Gasteiger partial charge in [-0.1, -0.05) is 15.9 Å². The van der Waals surface area contributed by atoms with Crippen molar-refractivity contribution in [2.45, 2.75) is 6.92 Å². The van der Waals surface area contributed by atoms with Gasteiger partial charge in [-0.15, -0.1) is 0 Å². The lowest BCUT2D eigenvalue weighted by atomic mass is 10.1. The lowest BCUT2D eigenvalue weighted by Crippen LogP contribution is -2.30. The van der Waals surface area contributed by atoms with Crippen molar-refractivity contribution in [3.8, 4) is 11.5 Å². The largest absolute Gasteiger partial charge is 0.454 e. The van der Waals surface area contributed by atoms with Gasteiger partial charge >= 0.3 is 0 Å². The first-order valence-corrected chi connectivity index (χ1v) is 7.24. The second kappa shape index (κ2) is 5.06. The van der Waals surface area contributed by atoms with Crippen LogP contribution in [0.25, 0.3) is 6.08 Å². The molecule has 1 aromatic carbocycles. The van der Waals surface area contributed by atoms with Crippen LogP contribution in [0.15, 0.2) is 22.3 Å². The zero-order chi connectivity index (χ0) is 14.3. The molecule has 2 aliphatic rings. The Hall–Kier alpha value is -1.60. The number of nitrogens with zero attached hydrogens (tertiary/aromatic N) is 1. The normalized spacial score (nSPS) is 18.9. The van der Waals surface area contributed by atoms with Gasteiger partial charge < -0.3 is 14.8 Å². The number of fused-ring (bicyclic) bond motifs is 1. The first-order valence-electron chi connectivity index (χ1n) is 6.04. The Morgan fingerprint density at radius 3 is 2.80 bits per heavy atom. The number of nitrogens with one attached hydrogen (secondary N) is 1. The smallest absolute Gasteiger partial charge is 0.276 e. The number of amides is 1. The summed E-state index contributed by atoms with van der Waals surface area (Å²) in [7, 11) is 0. The summed E-state index contributed by atoms with van der Waals surface area (Å²) in [6.45, 7) is 2.64. The number of thiocarbonyl (C=S) groups is 1. The minimum absolute atomic E-state index is 0.123. The molecule has 0 aliphatic carbocycles. The van der Waals surface area contributed by atoms with E-state index in [1.54, 1.807) is 6.08 Å². The van der Waals surface area contributed by atoms with Crippen molar-refractivity contribution in [1.82, 2.24) is 10.2 Å². The first kappa shape index (κ1) is 13.4. The highest BCUT2D eigenvalue weighted by Crippen LogP contribution is 2.37. The predicted octanol–water partition coefficient (Wildman–Crippen LogP) is 2.26. The number of likely N-dealkylation sites (N-methyl/N-ethyl adjacent to an activating group) is 1. The van der Waals surface area contributed by atoms with Crippen molar-refractivity contribution < 1.29 is 14.3 Å². The van der Waals surface area contributed by atoms with Gasteiger partial charge in [0.15, 0.2) is 16.6 Å². The van der Waals surface area contributed by atoms with E-state index >= 15 is 0 Å². The molecule has 3 rings (SSSR count). The zero-order valence-electron chi connectivity index (χ0n) is 10.6. The van der Waals surface area contributed by atoms with E-state index in [9.17, 15) is 4.79 Å². The van der Waals surface area contributed by atoms with Crippen LogP contribution in [0.2, 0.25) is 0 Å². The second-order valence-corrected chi connectivity index (χ2v) is 5.51. The topological polar surface area (TPSA) is 50.8 Å². The summed E-state index contributed by atoms with van der Waals surface area (Å²) in [6, 6.07) is 3.65. The second-order valence-electron chi connectivity index (χ2n) is 4.26. The van der Waals surface area contributed by atoms with Crippen LogP contribution in [0.3, 0.4) is 0 Å². The number of carbonyl (C=O) groups excluding carboxylic acids is 1. The minimum atomic E-state index is -0.123. The Morgan fingerprint density at radius 2 is 2.15 bits per heavy atom. The van der Waals surface area contributed by atoms with Crippen LogP contribution in [0, 0.1) is 0 Å². The van der Waals surface area contributed by atoms with Gasteiger partial charge in [0.1, 0.15) is 5.70 Å². The molecule has 20 heavy (non-hydrogen) atoms. The highest BCUT2D eigenvalue weighted by atomic mass is 79.9. The molecule has 104 valence electrons. The molecule has 0 bridgehead atoms. The van der Waals surface area contributed by atoms with Crippen LogP contribution in [-0.2, 0) is 4.79 Å². The molecule has 0 radical (unpaired) electrons. The van der Waals surface area contributed by atoms with Crippen LogP contribution < -0.4 is 14.8 Å². The fourth-order valence-electron chi connectivity index (χ4n) is 2.06. The van der Waals surface area contributed by atoms with Gasteiger partial charge in [-0.05, 0) is 42.9 Å². The molecule has 1 fully saturated rings. The van der Waals surface area contributed by atoms with E-state index in [4.69, 9.17) is 21.7 Å². The van der Waals surface area contributed by atoms with E-state index in [1.165, 1.54) is 4.90 Å². The Kier molecular flexibility index (Phi) is 3.39. The van der Waals surface area contributed by atoms with Crippen molar-refractivity contribution in [2.24, 2.45) is 0 Å². The Balaban J connectivity index is 1.97. The molecule has 2 aliphatic heterocycles. The molecule has 1 aromatic rings.